The third kappa shape index (κ3) is 4.68. The molecule has 0 atom stereocenters. The predicted octanol–water partition coefficient (Wildman–Crippen LogP) is 2.33. The summed E-state index contributed by atoms with van der Waals surface area (Å²) in [6, 6.07) is 7.27. The fourth-order valence-electron chi connectivity index (χ4n) is 3.61. The number of likely N-dealkylation sites (tertiary alicyclic amines) is 2. The molecule has 2 aliphatic heterocycles. The van der Waals surface area contributed by atoms with E-state index in [0.29, 0.717) is 25.4 Å². The Labute approximate surface area is 155 Å². The maximum absolute atomic E-state index is 12.4. The van der Waals surface area contributed by atoms with Crippen molar-refractivity contribution < 1.29 is 19.1 Å². The second kappa shape index (κ2) is 8.92. The van der Waals surface area contributed by atoms with Crippen LogP contribution in [0.25, 0.3) is 0 Å². The highest BCUT2D eigenvalue weighted by Gasteiger charge is 2.31. The van der Waals surface area contributed by atoms with Gasteiger partial charge >= 0.3 is 0 Å². The van der Waals surface area contributed by atoms with Gasteiger partial charge in [0.15, 0.2) is 6.61 Å². The van der Waals surface area contributed by atoms with Crippen LogP contribution < -0.4 is 9.47 Å². The van der Waals surface area contributed by atoms with Crippen molar-refractivity contribution in [2.24, 2.45) is 5.92 Å². The minimum atomic E-state index is -0.0223. The van der Waals surface area contributed by atoms with E-state index in [1.54, 1.807) is 12.1 Å². The van der Waals surface area contributed by atoms with Gasteiger partial charge < -0.3 is 19.3 Å². The van der Waals surface area contributed by atoms with E-state index in [0.717, 1.165) is 44.5 Å². The van der Waals surface area contributed by atoms with Crippen LogP contribution in [0.5, 0.6) is 11.5 Å². The summed E-state index contributed by atoms with van der Waals surface area (Å²) in [5.41, 5.74) is 0. The Balaban J connectivity index is 1.41. The molecule has 0 radical (unpaired) electrons. The second-order valence-corrected chi connectivity index (χ2v) is 6.88. The van der Waals surface area contributed by atoms with E-state index in [1.165, 1.54) is 0 Å². The molecule has 0 unspecified atom stereocenters. The fourth-order valence-corrected chi connectivity index (χ4v) is 3.61. The number of hydrogen-bond acceptors (Lipinski definition) is 4. The van der Waals surface area contributed by atoms with E-state index >= 15 is 0 Å². The number of carbonyl (C=O) groups excluding carboxylic acids is 2. The van der Waals surface area contributed by atoms with Crippen LogP contribution in [0, 0.1) is 5.92 Å². The smallest absolute Gasteiger partial charge is 0.260 e. The zero-order valence-corrected chi connectivity index (χ0v) is 15.5. The van der Waals surface area contributed by atoms with Gasteiger partial charge in [0.25, 0.3) is 5.91 Å². The minimum absolute atomic E-state index is 0.0223. The molecule has 0 N–H and O–H groups in total. The molecule has 0 aliphatic carbocycles. The topological polar surface area (TPSA) is 59.1 Å². The summed E-state index contributed by atoms with van der Waals surface area (Å²) in [4.78, 5) is 28.6. The van der Waals surface area contributed by atoms with Crippen molar-refractivity contribution in [2.45, 2.75) is 32.6 Å². The molecule has 2 fully saturated rings. The molecule has 0 bridgehead atoms. The van der Waals surface area contributed by atoms with E-state index < -0.39 is 0 Å². The number of amides is 2. The number of benzene rings is 1. The zero-order valence-electron chi connectivity index (χ0n) is 15.5. The quantitative estimate of drug-likeness (QED) is 0.781. The molecule has 0 aromatic heterocycles. The summed E-state index contributed by atoms with van der Waals surface area (Å²) >= 11 is 0. The van der Waals surface area contributed by atoms with Gasteiger partial charge in [-0.3, -0.25) is 9.59 Å². The van der Waals surface area contributed by atoms with Crippen LogP contribution in [-0.2, 0) is 9.59 Å². The van der Waals surface area contributed by atoms with Crippen LogP contribution in [0.3, 0.4) is 0 Å². The van der Waals surface area contributed by atoms with Crippen molar-refractivity contribution in [3.63, 3.8) is 0 Å². The van der Waals surface area contributed by atoms with E-state index in [-0.39, 0.29) is 24.3 Å². The maximum Gasteiger partial charge on any atom is 0.260 e. The minimum Gasteiger partial charge on any atom is -0.494 e. The highest BCUT2D eigenvalue weighted by Crippen LogP contribution is 2.22. The molecule has 0 spiro atoms. The molecule has 2 aliphatic rings. The van der Waals surface area contributed by atoms with Crippen molar-refractivity contribution in [1.82, 2.24) is 9.80 Å². The molecule has 26 heavy (non-hydrogen) atoms. The van der Waals surface area contributed by atoms with Gasteiger partial charge in [0.1, 0.15) is 11.5 Å². The number of piperidine rings is 1. The molecule has 3 rings (SSSR count). The third-order valence-corrected chi connectivity index (χ3v) is 5.11. The monoisotopic (exact) mass is 360 g/mol. The summed E-state index contributed by atoms with van der Waals surface area (Å²) in [5, 5.41) is 0. The van der Waals surface area contributed by atoms with Gasteiger partial charge in [-0.2, -0.15) is 0 Å². The molecule has 1 aromatic rings. The van der Waals surface area contributed by atoms with Gasteiger partial charge in [0.05, 0.1) is 6.61 Å². The molecule has 2 saturated heterocycles. The van der Waals surface area contributed by atoms with Crippen molar-refractivity contribution in [3.8, 4) is 11.5 Å². The first-order valence-corrected chi connectivity index (χ1v) is 9.59. The Hall–Kier alpha value is -2.24. The van der Waals surface area contributed by atoms with E-state index in [9.17, 15) is 9.59 Å². The maximum atomic E-state index is 12.4. The summed E-state index contributed by atoms with van der Waals surface area (Å²) in [6.07, 6.45) is 3.74. The molecule has 2 heterocycles. The fraction of sp³-hybridized carbons (Fsp3) is 0.600. The molecule has 2 amide bonds. The van der Waals surface area contributed by atoms with Crippen molar-refractivity contribution in [2.75, 3.05) is 39.4 Å². The number of ether oxygens (including phenoxy) is 2. The summed E-state index contributed by atoms with van der Waals surface area (Å²) < 4.78 is 11.0. The molecule has 6 nitrogen and oxygen atoms in total. The largest absolute Gasteiger partial charge is 0.494 e. The summed E-state index contributed by atoms with van der Waals surface area (Å²) in [5.74, 6) is 1.77. The van der Waals surface area contributed by atoms with Gasteiger partial charge in [0.2, 0.25) is 5.91 Å². The second-order valence-electron chi connectivity index (χ2n) is 6.88. The molecule has 1 aromatic carbocycles. The van der Waals surface area contributed by atoms with E-state index in [4.69, 9.17) is 9.47 Å². The molecular weight excluding hydrogens is 332 g/mol. The Bertz CT molecular complexity index is 603. The summed E-state index contributed by atoms with van der Waals surface area (Å²) in [7, 11) is 0. The van der Waals surface area contributed by atoms with E-state index in [1.807, 2.05) is 28.9 Å². The van der Waals surface area contributed by atoms with Crippen molar-refractivity contribution >= 4 is 11.8 Å². The van der Waals surface area contributed by atoms with Crippen LogP contribution in [-0.4, -0.2) is 61.0 Å². The van der Waals surface area contributed by atoms with Gasteiger partial charge in [0, 0.05) is 32.1 Å². The van der Waals surface area contributed by atoms with Crippen LogP contribution in [0.1, 0.15) is 32.6 Å². The highest BCUT2D eigenvalue weighted by atomic mass is 16.5. The van der Waals surface area contributed by atoms with Crippen molar-refractivity contribution in [3.05, 3.63) is 24.3 Å². The van der Waals surface area contributed by atoms with Crippen LogP contribution in [0.15, 0.2) is 24.3 Å². The van der Waals surface area contributed by atoms with Crippen LogP contribution in [0.2, 0.25) is 0 Å². The van der Waals surface area contributed by atoms with Gasteiger partial charge in [-0.25, -0.2) is 0 Å². The molecule has 6 heteroatoms. The Morgan fingerprint density at radius 3 is 2.08 bits per heavy atom. The van der Waals surface area contributed by atoms with Gasteiger partial charge in [-0.1, -0.05) is 0 Å². The lowest BCUT2D eigenvalue weighted by Gasteiger charge is -2.33. The van der Waals surface area contributed by atoms with E-state index in [2.05, 4.69) is 0 Å². The zero-order chi connectivity index (χ0) is 18.4. The Morgan fingerprint density at radius 1 is 0.923 bits per heavy atom. The molecule has 0 saturated carbocycles. The van der Waals surface area contributed by atoms with Crippen LogP contribution >= 0.6 is 0 Å². The Kier molecular flexibility index (Phi) is 6.36. The number of carbonyl (C=O) groups is 2. The average Bonchev–Trinajstić information content (AvgIpc) is 3.22. The average molecular weight is 360 g/mol. The third-order valence-electron chi connectivity index (χ3n) is 5.11. The predicted molar refractivity (Wildman–Crippen MR) is 98.2 cm³/mol. The SMILES string of the molecule is CCOc1ccc(OCC(=O)N2CCC(C(=O)N3CCCC3)CC2)cc1. The number of hydrogen-bond donors (Lipinski definition) is 0. The number of rotatable bonds is 6. The van der Waals surface area contributed by atoms with Gasteiger partial charge in [-0.15, -0.1) is 0 Å². The highest BCUT2D eigenvalue weighted by molar-refractivity contribution is 5.81. The lowest BCUT2D eigenvalue weighted by molar-refractivity contribution is -0.140. The van der Waals surface area contributed by atoms with Gasteiger partial charge in [-0.05, 0) is 56.9 Å². The normalized spacial score (nSPS) is 18.0. The first-order chi connectivity index (χ1) is 12.7. The lowest BCUT2D eigenvalue weighted by atomic mass is 9.95. The standard InChI is InChI=1S/C20H28N2O4/c1-2-25-17-5-7-18(8-6-17)26-15-19(23)21-13-9-16(10-14-21)20(24)22-11-3-4-12-22/h5-8,16H,2-4,9-15H2,1H3. The summed E-state index contributed by atoms with van der Waals surface area (Å²) in [6.45, 7) is 5.64. The number of nitrogens with zero attached hydrogens (tertiary/aromatic N) is 2. The Morgan fingerprint density at radius 2 is 1.50 bits per heavy atom. The van der Waals surface area contributed by atoms with Crippen LogP contribution in [0.4, 0.5) is 0 Å². The molecule has 142 valence electrons. The van der Waals surface area contributed by atoms with Crippen molar-refractivity contribution in [1.29, 1.82) is 0 Å². The lowest BCUT2D eigenvalue weighted by Crippen LogP contribution is -2.45. The first-order valence-electron chi connectivity index (χ1n) is 9.59. The first kappa shape index (κ1) is 18.5. The molecular formula is C20H28N2O4.